The molecular formula is C14H18N2O2. The van der Waals surface area contributed by atoms with E-state index in [0.29, 0.717) is 0 Å². The topological polar surface area (TPSA) is 50.4 Å². The molecule has 1 heterocycles. The van der Waals surface area contributed by atoms with Gasteiger partial charge in [-0.3, -0.25) is 4.79 Å². The van der Waals surface area contributed by atoms with Gasteiger partial charge in [0.2, 0.25) is 5.91 Å². The average Bonchev–Trinajstić information content (AvgIpc) is 2.41. The van der Waals surface area contributed by atoms with Crippen LogP contribution in [0.5, 0.6) is 5.75 Å². The first kappa shape index (κ1) is 11.4. The molecule has 2 aliphatic rings. The zero-order valence-electron chi connectivity index (χ0n) is 10.6. The van der Waals surface area contributed by atoms with Gasteiger partial charge in [0.25, 0.3) is 0 Å². The summed E-state index contributed by atoms with van der Waals surface area (Å²) in [5.74, 6) is 0.860. The predicted octanol–water partition coefficient (Wildman–Crippen LogP) is 2.76. The van der Waals surface area contributed by atoms with Gasteiger partial charge in [-0.05, 0) is 25.0 Å². The van der Waals surface area contributed by atoms with Gasteiger partial charge in [0.15, 0.2) is 0 Å². The van der Waals surface area contributed by atoms with E-state index in [9.17, 15) is 4.79 Å². The van der Waals surface area contributed by atoms with Crippen molar-refractivity contribution in [3.8, 4) is 5.75 Å². The highest BCUT2D eigenvalue weighted by molar-refractivity contribution is 6.06. The van der Waals surface area contributed by atoms with E-state index >= 15 is 0 Å². The lowest BCUT2D eigenvalue weighted by Crippen LogP contribution is -2.53. The summed E-state index contributed by atoms with van der Waals surface area (Å²) in [4.78, 5) is 12.3. The summed E-state index contributed by atoms with van der Waals surface area (Å²) in [5, 5.41) is 6.46. The maximum Gasteiger partial charge on any atom is 0.250 e. The minimum Gasteiger partial charge on any atom is -0.497 e. The van der Waals surface area contributed by atoms with E-state index in [-0.39, 0.29) is 11.4 Å². The van der Waals surface area contributed by atoms with Gasteiger partial charge >= 0.3 is 0 Å². The zero-order valence-corrected chi connectivity index (χ0v) is 10.6. The smallest absolute Gasteiger partial charge is 0.250 e. The van der Waals surface area contributed by atoms with Crippen molar-refractivity contribution in [3.05, 3.63) is 18.2 Å². The first-order valence-electron chi connectivity index (χ1n) is 6.51. The van der Waals surface area contributed by atoms with Crippen molar-refractivity contribution >= 4 is 17.3 Å². The Labute approximate surface area is 107 Å². The first-order valence-corrected chi connectivity index (χ1v) is 6.51. The molecule has 1 spiro atoms. The molecule has 1 aromatic carbocycles. The molecule has 0 aromatic heterocycles. The van der Waals surface area contributed by atoms with Crippen LogP contribution in [0.15, 0.2) is 18.2 Å². The molecule has 96 valence electrons. The van der Waals surface area contributed by atoms with Crippen LogP contribution >= 0.6 is 0 Å². The Hall–Kier alpha value is -1.71. The van der Waals surface area contributed by atoms with Crippen LogP contribution < -0.4 is 15.4 Å². The number of methoxy groups -OCH3 is 1. The third-order valence-corrected chi connectivity index (χ3v) is 3.99. The third-order valence-electron chi connectivity index (χ3n) is 3.99. The number of hydrogen-bond acceptors (Lipinski definition) is 3. The zero-order chi connectivity index (χ0) is 12.6. The Morgan fingerprint density at radius 2 is 1.94 bits per heavy atom. The van der Waals surface area contributed by atoms with Crippen molar-refractivity contribution in [3.63, 3.8) is 0 Å². The summed E-state index contributed by atoms with van der Waals surface area (Å²) >= 11 is 0. The maximum atomic E-state index is 12.3. The fourth-order valence-electron chi connectivity index (χ4n) is 2.93. The monoisotopic (exact) mass is 246 g/mol. The molecule has 18 heavy (non-hydrogen) atoms. The predicted molar refractivity (Wildman–Crippen MR) is 71.1 cm³/mol. The first-order chi connectivity index (χ1) is 8.73. The lowest BCUT2D eigenvalue weighted by Gasteiger charge is -2.41. The van der Waals surface area contributed by atoms with E-state index in [0.717, 1.165) is 42.8 Å². The standard InChI is InChI=1S/C14H18N2O2/c1-18-10-5-6-11-12(9-10)15-13(17)14(16-11)7-3-2-4-8-14/h5-6,9,16H,2-4,7-8H2,1H3,(H,15,17). The Balaban J connectivity index is 1.94. The van der Waals surface area contributed by atoms with E-state index in [1.54, 1.807) is 7.11 Å². The van der Waals surface area contributed by atoms with Crippen molar-refractivity contribution in [1.82, 2.24) is 0 Å². The van der Waals surface area contributed by atoms with E-state index in [1.165, 1.54) is 6.42 Å². The second kappa shape index (κ2) is 4.19. The number of hydrogen-bond donors (Lipinski definition) is 2. The van der Waals surface area contributed by atoms with Crippen LogP contribution in [0.3, 0.4) is 0 Å². The largest absolute Gasteiger partial charge is 0.497 e. The van der Waals surface area contributed by atoms with Crippen molar-refractivity contribution in [1.29, 1.82) is 0 Å². The van der Waals surface area contributed by atoms with E-state index in [2.05, 4.69) is 10.6 Å². The Morgan fingerprint density at radius 3 is 2.67 bits per heavy atom. The van der Waals surface area contributed by atoms with Gasteiger partial charge in [-0.25, -0.2) is 0 Å². The number of anilines is 2. The molecule has 4 heteroatoms. The number of rotatable bonds is 1. The highest BCUT2D eigenvalue weighted by Gasteiger charge is 2.42. The molecule has 0 radical (unpaired) electrons. The second-order valence-electron chi connectivity index (χ2n) is 5.13. The molecule has 1 amide bonds. The van der Waals surface area contributed by atoms with E-state index in [4.69, 9.17) is 4.74 Å². The Morgan fingerprint density at radius 1 is 1.17 bits per heavy atom. The molecule has 3 rings (SSSR count). The second-order valence-corrected chi connectivity index (χ2v) is 5.13. The SMILES string of the molecule is COc1ccc2c(c1)NC(=O)C1(CCCCC1)N2. The summed E-state index contributed by atoms with van der Waals surface area (Å²) in [6.07, 6.45) is 5.30. The number of nitrogens with one attached hydrogen (secondary N) is 2. The Bertz CT molecular complexity index is 479. The molecule has 0 bridgehead atoms. The van der Waals surface area contributed by atoms with Crippen LogP contribution in [0.2, 0.25) is 0 Å². The number of fused-ring (bicyclic) bond motifs is 1. The molecule has 1 aliphatic carbocycles. The summed E-state index contributed by atoms with van der Waals surface area (Å²) in [6.45, 7) is 0. The fraction of sp³-hybridized carbons (Fsp3) is 0.500. The molecule has 1 aliphatic heterocycles. The molecule has 1 saturated carbocycles. The lowest BCUT2D eigenvalue weighted by molar-refractivity contribution is -0.121. The van der Waals surface area contributed by atoms with Gasteiger partial charge in [0.05, 0.1) is 18.5 Å². The molecule has 2 N–H and O–H groups in total. The number of benzene rings is 1. The molecule has 1 aromatic rings. The fourth-order valence-corrected chi connectivity index (χ4v) is 2.93. The van der Waals surface area contributed by atoms with Gasteiger partial charge < -0.3 is 15.4 Å². The van der Waals surface area contributed by atoms with Crippen LogP contribution in [-0.4, -0.2) is 18.6 Å². The molecule has 4 nitrogen and oxygen atoms in total. The molecular weight excluding hydrogens is 228 g/mol. The average molecular weight is 246 g/mol. The Kier molecular flexibility index (Phi) is 2.65. The molecule has 0 saturated heterocycles. The van der Waals surface area contributed by atoms with Crippen molar-refractivity contribution < 1.29 is 9.53 Å². The summed E-state index contributed by atoms with van der Waals surface area (Å²) in [5.41, 5.74) is 1.42. The maximum absolute atomic E-state index is 12.3. The van der Waals surface area contributed by atoms with Gasteiger partial charge in [0, 0.05) is 6.07 Å². The molecule has 1 fully saturated rings. The number of carbonyl (C=O) groups is 1. The van der Waals surface area contributed by atoms with Crippen molar-refractivity contribution in [2.45, 2.75) is 37.6 Å². The quantitative estimate of drug-likeness (QED) is 0.801. The molecule has 0 unspecified atom stereocenters. The normalized spacial score (nSPS) is 20.8. The summed E-state index contributed by atoms with van der Waals surface area (Å²) < 4.78 is 5.17. The minimum atomic E-state index is -0.389. The van der Waals surface area contributed by atoms with Crippen LogP contribution in [-0.2, 0) is 4.79 Å². The van der Waals surface area contributed by atoms with Gasteiger partial charge in [0.1, 0.15) is 11.3 Å². The van der Waals surface area contributed by atoms with Crippen LogP contribution in [0, 0.1) is 0 Å². The van der Waals surface area contributed by atoms with Gasteiger partial charge in [-0.15, -0.1) is 0 Å². The number of ether oxygens (including phenoxy) is 1. The van der Waals surface area contributed by atoms with Crippen LogP contribution in [0.25, 0.3) is 0 Å². The van der Waals surface area contributed by atoms with Gasteiger partial charge in [-0.1, -0.05) is 19.3 Å². The highest BCUT2D eigenvalue weighted by atomic mass is 16.5. The summed E-state index contributed by atoms with van der Waals surface area (Å²) in [6, 6.07) is 5.75. The number of carbonyl (C=O) groups excluding carboxylic acids is 1. The van der Waals surface area contributed by atoms with E-state index < -0.39 is 0 Å². The van der Waals surface area contributed by atoms with Crippen molar-refractivity contribution in [2.75, 3.05) is 17.7 Å². The molecule has 0 atom stereocenters. The lowest BCUT2D eigenvalue weighted by atomic mass is 9.79. The van der Waals surface area contributed by atoms with E-state index in [1.807, 2.05) is 18.2 Å². The van der Waals surface area contributed by atoms with Crippen LogP contribution in [0.1, 0.15) is 32.1 Å². The third kappa shape index (κ3) is 1.72. The highest BCUT2D eigenvalue weighted by Crippen LogP contribution is 2.40. The summed E-state index contributed by atoms with van der Waals surface area (Å²) in [7, 11) is 1.63. The van der Waals surface area contributed by atoms with Gasteiger partial charge in [-0.2, -0.15) is 0 Å². The number of amides is 1. The van der Waals surface area contributed by atoms with Crippen LogP contribution in [0.4, 0.5) is 11.4 Å². The van der Waals surface area contributed by atoms with Crippen molar-refractivity contribution in [2.24, 2.45) is 0 Å². The minimum absolute atomic E-state index is 0.1000.